The van der Waals surface area contributed by atoms with Crippen molar-refractivity contribution < 1.29 is 14.4 Å². The molecule has 6 nitrogen and oxygen atoms in total. The number of hydrogen-bond acceptors (Lipinski definition) is 5. The van der Waals surface area contributed by atoms with E-state index in [4.69, 9.17) is 19.4 Å². The largest absolute Gasteiger partial charge is 0.494 e. The van der Waals surface area contributed by atoms with Gasteiger partial charge in [0.15, 0.2) is 0 Å². The molecule has 0 amide bonds. The number of benzene rings is 1. The minimum atomic E-state index is -0.362. The Morgan fingerprint density at radius 1 is 1.16 bits per heavy atom. The second-order valence-corrected chi connectivity index (χ2v) is 7.65. The lowest BCUT2D eigenvalue weighted by Gasteiger charge is -2.32. The third-order valence-corrected chi connectivity index (χ3v) is 5.34. The topological polar surface area (TPSA) is 68.5 Å². The molecule has 0 aliphatic carbocycles. The van der Waals surface area contributed by atoms with Crippen molar-refractivity contribution in [1.29, 1.82) is 0 Å². The summed E-state index contributed by atoms with van der Waals surface area (Å²) in [5.74, 6) is 1.02. The van der Waals surface area contributed by atoms with E-state index in [-0.39, 0.29) is 24.9 Å². The molecule has 1 aliphatic heterocycles. The van der Waals surface area contributed by atoms with Gasteiger partial charge < -0.3 is 24.3 Å². The van der Waals surface area contributed by atoms with Gasteiger partial charge in [0.25, 0.3) is 0 Å². The van der Waals surface area contributed by atoms with Crippen LogP contribution in [-0.4, -0.2) is 52.7 Å². The Labute approximate surface area is 149 Å². The number of aromatic nitrogens is 2. The number of aryl methyl sites for hydroxylation is 1. The summed E-state index contributed by atoms with van der Waals surface area (Å²) in [6.07, 6.45) is 0.816. The Morgan fingerprint density at radius 2 is 1.84 bits per heavy atom. The second kappa shape index (κ2) is 6.72. The van der Waals surface area contributed by atoms with Gasteiger partial charge in [-0.1, -0.05) is 6.07 Å². The van der Waals surface area contributed by atoms with E-state index in [0.29, 0.717) is 6.54 Å². The molecule has 7 heteroatoms. The number of nitrogens with one attached hydrogen (secondary N) is 1. The standard InChI is InChI=1S/C18H28BN3O3/c1-17(2)18(3,4)25-19(24-17)13-6-7-14-15(12-13)22(5)16(21-14)8-9-20-10-11-23/h6-7,12,20,23H,8-11H2,1-5H3. The van der Waals surface area contributed by atoms with Gasteiger partial charge in [-0.3, -0.25) is 0 Å². The molecule has 1 saturated heterocycles. The summed E-state index contributed by atoms with van der Waals surface area (Å²) in [5, 5.41) is 12.0. The molecule has 0 atom stereocenters. The Morgan fingerprint density at radius 3 is 2.48 bits per heavy atom. The first-order valence-electron chi connectivity index (χ1n) is 8.87. The minimum Gasteiger partial charge on any atom is -0.399 e. The van der Waals surface area contributed by atoms with Crippen LogP contribution in [0.3, 0.4) is 0 Å². The van der Waals surface area contributed by atoms with Crippen molar-refractivity contribution in [2.75, 3.05) is 19.7 Å². The third kappa shape index (κ3) is 3.46. The van der Waals surface area contributed by atoms with E-state index >= 15 is 0 Å². The first-order valence-corrected chi connectivity index (χ1v) is 8.87. The van der Waals surface area contributed by atoms with Gasteiger partial charge in [-0.15, -0.1) is 0 Å². The number of aliphatic hydroxyl groups is 1. The van der Waals surface area contributed by atoms with Gasteiger partial charge in [0, 0.05) is 26.6 Å². The molecule has 0 saturated carbocycles. The van der Waals surface area contributed by atoms with Crippen molar-refractivity contribution in [1.82, 2.24) is 14.9 Å². The van der Waals surface area contributed by atoms with E-state index < -0.39 is 0 Å². The molecule has 136 valence electrons. The zero-order valence-corrected chi connectivity index (χ0v) is 15.8. The van der Waals surface area contributed by atoms with E-state index in [9.17, 15) is 0 Å². The van der Waals surface area contributed by atoms with Crippen LogP contribution in [0.15, 0.2) is 18.2 Å². The maximum Gasteiger partial charge on any atom is 0.494 e. The van der Waals surface area contributed by atoms with E-state index in [2.05, 4.69) is 43.6 Å². The summed E-state index contributed by atoms with van der Waals surface area (Å²) in [5.41, 5.74) is 2.37. The monoisotopic (exact) mass is 345 g/mol. The molecule has 0 unspecified atom stereocenters. The van der Waals surface area contributed by atoms with Crippen LogP contribution >= 0.6 is 0 Å². The quantitative estimate of drug-likeness (QED) is 0.604. The van der Waals surface area contributed by atoms with Gasteiger partial charge >= 0.3 is 7.12 Å². The van der Waals surface area contributed by atoms with Gasteiger partial charge in [0.1, 0.15) is 5.82 Å². The summed E-state index contributed by atoms with van der Waals surface area (Å²) in [6, 6.07) is 6.17. The van der Waals surface area contributed by atoms with Crippen molar-refractivity contribution in [3.05, 3.63) is 24.0 Å². The predicted octanol–water partition coefficient (Wildman–Crippen LogP) is 0.997. The van der Waals surface area contributed by atoms with Crippen LogP contribution in [0.2, 0.25) is 0 Å². The first-order chi connectivity index (χ1) is 11.7. The number of nitrogens with zero attached hydrogens (tertiary/aromatic N) is 2. The fraction of sp³-hybridized carbons (Fsp3) is 0.611. The van der Waals surface area contributed by atoms with Gasteiger partial charge in [0.2, 0.25) is 0 Å². The number of aliphatic hydroxyl groups excluding tert-OH is 1. The molecule has 1 aliphatic rings. The van der Waals surface area contributed by atoms with Crippen molar-refractivity contribution in [2.45, 2.75) is 45.3 Å². The molecular weight excluding hydrogens is 317 g/mol. The summed E-state index contributed by atoms with van der Waals surface area (Å²) in [6.45, 7) is 9.80. The van der Waals surface area contributed by atoms with Gasteiger partial charge in [-0.05, 0) is 45.3 Å². The lowest BCUT2D eigenvalue weighted by molar-refractivity contribution is 0.00578. The summed E-state index contributed by atoms with van der Waals surface area (Å²) >= 11 is 0. The highest BCUT2D eigenvalue weighted by molar-refractivity contribution is 6.62. The molecule has 0 spiro atoms. The number of rotatable bonds is 6. The molecule has 25 heavy (non-hydrogen) atoms. The molecular formula is C18H28BN3O3. The molecule has 1 aromatic carbocycles. The van der Waals surface area contributed by atoms with E-state index in [1.807, 2.05) is 19.2 Å². The van der Waals surface area contributed by atoms with Crippen LogP contribution in [0.25, 0.3) is 11.0 Å². The van der Waals surface area contributed by atoms with Crippen LogP contribution in [0, 0.1) is 0 Å². The second-order valence-electron chi connectivity index (χ2n) is 7.65. The van der Waals surface area contributed by atoms with Crippen molar-refractivity contribution in [3.8, 4) is 0 Å². The fourth-order valence-electron chi connectivity index (χ4n) is 3.01. The molecule has 2 aromatic rings. The highest BCUT2D eigenvalue weighted by Gasteiger charge is 2.51. The summed E-state index contributed by atoms with van der Waals surface area (Å²) < 4.78 is 14.4. The zero-order chi connectivity index (χ0) is 18.2. The van der Waals surface area contributed by atoms with Crippen molar-refractivity contribution in [3.63, 3.8) is 0 Å². The lowest BCUT2D eigenvalue weighted by Crippen LogP contribution is -2.41. The third-order valence-electron chi connectivity index (χ3n) is 5.34. The highest BCUT2D eigenvalue weighted by Crippen LogP contribution is 2.36. The molecule has 1 aromatic heterocycles. The van der Waals surface area contributed by atoms with Gasteiger partial charge in [-0.25, -0.2) is 4.98 Å². The molecule has 3 rings (SSSR count). The van der Waals surface area contributed by atoms with Gasteiger partial charge in [0.05, 0.1) is 28.8 Å². The normalized spacial score (nSPS) is 19.0. The average Bonchev–Trinajstić information content (AvgIpc) is 2.97. The van der Waals surface area contributed by atoms with Crippen LogP contribution < -0.4 is 10.8 Å². The highest BCUT2D eigenvalue weighted by atomic mass is 16.7. The molecule has 2 heterocycles. The smallest absolute Gasteiger partial charge is 0.399 e. The van der Waals surface area contributed by atoms with Crippen molar-refractivity contribution in [2.24, 2.45) is 7.05 Å². The Bertz CT molecular complexity index is 741. The van der Waals surface area contributed by atoms with Crippen LogP contribution in [0.1, 0.15) is 33.5 Å². The van der Waals surface area contributed by atoms with Crippen LogP contribution in [-0.2, 0) is 22.8 Å². The van der Waals surface area contributed by atoms with E-state index in [1.165, 1.54) is 0 Å². The molecule has 2 N–H and O–H groups in total. The number of imidazole rings is 1. The Balaban J connectivity index is 1.82. The van der Waals surface area contributed by atoms with Gasteiger partial charge in [-0.2, -0.15) is 0 Å². The number of hydrogen-bond donors (Lipinski definition) is 2. The lowest BCUT2D eigenvalue weighted by atomic mass is 9.79. The Kier molecular flexibility index (Phi) is 4.94. The molecule has 1 fully saturated rings. The zero-order valence-electron chi connectivity index (χ0n) is 15.8. The summed E-state index contributed by atoms with van der Waals surface area (Å²) in [4.78, 5) is 4.71. The van der Waals surface area contributed by atoms with Crippen LogP contribution in [0.5, 0.6) is 0 Å². The molecule has 0 bridgehead atoms. The summed E-state index contributed by atoms with van der Waals surface area (Å²) in [7, 11) is 1.67. The maximum absolute atomic E-state index is 8.83. The fourth-order valence-corrected chi connectivity index (χ4v) is 3.01. The predicted molar refractivity (Wildman–Crippen MR) is 100 cm³/mol. The van der Waals surface area contributed by atoms with Crippen LogP contribution in [0.4, 0.5) is 0 Å². The SMILES string of the molecule is Cn1c(CCNCCO)nc2ccc(B3OC(C)(C)C(C)(C)O3)cc21. The van der Waals surface area contributed by atoms with E-state index in [1.54, 1.807) is 0 Å². The average molecular weight is 345 g/mol. The number of fused-ring (bicyclic) bond motifs is 1. The maximum atomic E-state index is 8.83. The van der Waals surface area contributed by atoms with Crippen molar-refractivity contribution >= 4 is 23.6 Å². The first kappa shape index (κ1) is 18.4. The minimum absolute atomic E-state index is 0.153. The Hall–Kier alpha value is -1.41. The van der Waals surface area contributed by atoms with E-state index in [0.717, 1.165) is 35.3 Å². The molecule has 0 radical (unpaired) electrons.